The molecule has 1 aliphatic heterocycles. The largest absolute Gasteiger partial charge is 0.505 e. The lowest BCUT2D eigenvalue weighted by Crippen LogP contribution is -2.48. The monoisotopic (exact) mass is 234 g/mol. The van der Waals surface area contributed by atoms with Crippen LogP contribution >= 0.6 is 0 Å². The van der Waals surface area contributed by atoms with Gasteiger partial charge in [-0.1, -0.05) is 0 Å². The minimum atomic E-state index is -2.38. The van der Waals surface area contributed by atoms with Gasteiger partial charge >= 0.3 is 11.9 Å². The number of carbonyl (C=O) groups excluding carboxylic acids is 1. The number of carboxylic acids is 1. The summed E-state index contributed by atoms with van der Waals surface area (Å²) in [5, 5.41) is 45.2. The van der Waals surface area contributed by atoms with E-state index in [1.807, 2.05) is 0 Å². The standard InChI is InChI=1S/C8H10O8/c9-2-8(15,1-3(10)11)6-4(12)5(13)7(14)16-6/h6,9,12-13,15H,1-2H2,(H,10,11)/t6-,8-/m0/s1. The van der Waals surface area contributed by atoms with Crippen LogP contribution < -0.4 is 0 Å². The maximum Gasteiger partial charge on any atom is 0.378 e. The summed E-state index contributed by atoms with van der Waals surface area (Å²) in [6, 6.07) is 0. The number of ether oxygens (including phenoxy) is 1. The first kappa shape index (κ1) is 12.3. The Morgan fingerprint density at radius 2 is 2.00 bits per heavy atom. The van der Waals surface area contributed by atoms with Crippen LogP contribution in [0.25, 0.3) is 0 Å². The lowest BCUT2D eigenvalue weighted by molar-refractivity contribution is -0.168. The van der Waals surface area contributed by atoms with Crippen molar-refractivity contribution in [3.05, 3.63) is 11.5 Å². The molecule has 16 heavy (non-hydrogen) atoms. The van der Waals surface area contributed by atoms with E-state index >= 15 is 0 Å². The van der Waals surface area contributed by atoms with Gasteiger partial charge in [-0.3, -0.25) is 4.79 Å². The van der Waals surface area contributed by atoms with Crippen molar-refractivity contribution in [1.29, 1.82) is 0 Å². The van der Waals surface area contributed by atoms with Crippen LogP contribution in [0.3, 0.4) is 0 Å². The van der Waals surface area contributed by atoms with Gasteiger partial charge in [-0.2, -0.15) is 0 Å². The number of aliphatic carboxylic acids is 1. The summed E-state index contributed by atoms with van der Waals surface area (Å²) < 4.78 is 4.36. The van der Waals surface area contributed by atoms with E-state index in [1.54, 1.807) is 0 Å². The number of esters is 1. The second-order valence-electron chi connectivity index (χ2n) is 3.35. The molecule has 0 unspecified atom stereocenters. The van der Waals surface area contributed by atoms with Crippen molar-refractivity contribution in [2.45, 2.75) is 18.1 Å². The molecule has 2 atom stereocenters. The summed E-state index contributed by atoms with van der Waals surface area (Å²) >= 11 is 0. The van der Waals surface area contributed by atoms with Crippen LogP contribution in [0.2, 0.25) is 0 Å². The minimum absolute atomic E-state index is 0.960. The molecule has 0 aliphatic carbocycles. The van der Waals surface area contributed by atoms with Gasteiger partial charge < -0.3 is 30.3 Å². The van der Waals surface area contributed by atoms with Crippen molar-refractivity contribution in [2.75, 3.05) is 6.61 Å². The molecule has 8 nitrogen and oxygen atoms in total. The fourth-order valence-electron chi connectivity index (χ4n) is 1.30. The molecule has 0 spiro atoms. The number of cyclic esters (lactones) is 1. The molecule has 5 N–H and O–H groups in total. The number of hydrogen-bond donors (Lipinski definition) is 5. The summed E-state index contributed by atoms with van der Waals surface area (Å²) in [4.78, 5) is 21.2. The third-order valence-electron chi connectivity index (χ3n) is 2.13. The Morgan fingerprint density at radius 3 is 2.31 bits per heavy atom. The number of carbonyl (C=O) groups is 2. The highest BCUT2D eigenvalue weighted by molar-refractivity contribution is 5.89. The number of hydrogen-bond acceptors (Lipinski definition) is 7. The smallest absolute Gasteiger partial charge is 0.378 e. The van der Waals surface area contributed by atoms with Crippen molar-refractivity contribution < 1.29 is 39.9 Å². The SMILES string of the molecule is O=C(O)C[C@](O)(CO)[C@H]1OC(=O)C(O)=C1O. The van der Waals surface area contributed by atoms with Gasteiger partial charge in [0, 0.05) is 0 Å². The molecule has 0 saturated heterocycles. The minimum Gasteiger partial charge on any atom is -0.505 e. The second-order valence-corrected chi connectivity index (χ2v) is 3.35. The molecule has 0 aromatic rings. The molecule has 0 radical (unpaired) electrons. The summed E-state index contributed by atoms with van der Waals surface area (Å²) in [7, 11) is 0. The van der Waals surface area contributed by atoms with Gasteiger partial charge in [0.1, 0.15) is 5.60 Å². The Kier molecular flexibility index (Phi) is 3.06. The summed E-state index contributed by atoms with van der Waals surface area (Å²) in [5.74, 6) is -4.86. The summed E-state index contributed by atoms with van der Waals surface area (Å²) in [6.07, 6.45) is -2.75. The first-order chi connectivity index (χ1) is 7.31. The molecule has 0 fully saturated rings. The van der Waals surface area contributed by atoms with E-state index in [0.29, 0.717) is 0 Å². The lowest BCUT2D eigenvalue weighted by atomic mass is 9.92. The molecule has 0 amide bonds. The first-order valence-corrected chi connectivity index (χ1v) is 4.20. The highest BCUT2D eigenvalue weighted by Crippen LogP contribution is 2.29. The Balaban J connectivity index is 3.00. The molecule has 1 rings (SSSR count). The zero-order chi connectivity index (χ0) is 12.5. The van der Waals surface area contributed by atoms with Crippen molar-refractivity contribution in [3.63, 3.8) is 0 Å². The fourth-order valence-corrected chi connectivity index (χ4v) is 1.30. The van der Waals surface area contributed by atoms with Crippen molar-refractivity contribution in [2.24, 2.45) is 0 Å². The molecule has 1 heterocycles. The van der Waals surface area contributed by atoms with E-state index in [1.165, 1.54) is 0 Å². The van der Waals surface area contributed by atoms with Gasteiger partial charge in [0.15, 0.2) is 11.9 Å². The average Bonchev–Trinajstić information content (AvgIpc) is 2.45. The topological polar surface area (TPSA) is 145 Å². The zero-order valence-corrected chi connectivity index (χ0v) is 7.95. The van der Waals surface area contributed by atoms with Crippen LogP contribution in [-0.4, -0.2) is 55.8 Å². The van der Waals surface area contributed by atoms with E-state index in [2.05, 4.69) is 4.74 Å². The maximum atomic E-state index is 10.8. The molecule has 1 aliphatic rings. The molecule has 8 heteroatoms. The van der Waals surface area contributed by atoms with E-state index in [4.69, 9.17) is 15.3 Å². The van der Waals surface area contributed by atoms with Gasteiger partial charge in [0.2, 0.25) is 5.76 Å². The van der Waals surface area contributed by atoms with Crippen LogP contribution in [-0.2, 0) is 14.3 Å². The summed E-state index contributed by atoms with van der Waals surface area (Å²) in [6.45, 7) is -1.06. The summed E-state index contributed by atoms with van der Waals surface area (Å²) in [5.41, 5.74) is -2.38. The molecular weight excluding hydrogens is 224 g/mol. The maximum absolute atomic E-state index is 10.8. The van der Waals surface area contributed by atoms with E-state index < -0.39 is 48.2 Å². The Hall–Kier alpha value is -1.80. The van der Waals surface area contributed by atoms with Crippen LogP contribution in [0.15, 0.2) is 11.5 Å². The number of aliphatic hydroxyl groups excluding tert-OH is 3. The molecule has 0 aromatic carbocycles. The van der Waals surface area contributed by atoms with E-state index in [0.717, 1.165) is 0 Å². The van der Waals surface area contributed by atoms with Crippen LogP contribution in [0.4, 0.5) is 0 Å². The molecule has 0 saturated carbocycles. The molecule has 90 valence electrons. The number of aliphatic hydroxyl groups is 4. The quantitative estimate of drug-likeness (QED) is 0.367. The highest BCUT2D eigenvalue weighted by Gasteiger charge is 2.49. The average molecular weight is 234 g/mol. The van der Waals surface area contributed by atoms with Gasteiger partial charge in [-0.25, -0.2) is 4.79 Å². The highest BCUT2D eigenvalue weighted by atomic mass is 16.6. The van der Waals surface area contributed by atoms with E-state index in [9.17, 15) is 19.8 Å². The predicted molar refractivity (Wildman–Crippen MR) is 46.5 cm³/mol. The molecular formula is C8H10O8. The van der Waals surface area contributed by atoms with Crippen LogP contribution in [0, 0.1) is 0 Å². The lowest BCUT2D eigenvalue weighted by Gasteiger charge is -2.28. The third-order valence-corrected chi connectivity index (χ3v) is 2.13. The first-order valence-electron chi connectivity index (χ1n) is 4.20. The zero-order valence-electron chi connectivity index (χ0n) is 7.95. The fraction of sp³-hybridized carbons (Fsp3) is 0.500. The number of carboxylic acid groups (broad SMARTS) is 1. The van der Waals surface area contributed by atoms with Crippen LogP contribution in [0.5, 0.6) is 0 Å². The van der Waals surface area contributed by atoms with Gasteiger partial charge in [0.05, 0.1) is 13.0 Å². The third kappa shape index (κ3) is 1.92. The van der Waals surface area contributed by atoms with Gasteiger partial charge in [0.25, 0.3) is 0 Å². The molecule has 0 aromatic heterocycles. The Bertz CT molecular complexity index is 359. The van der Waals surface area contributed by atoms with Crippen molar-refractivity contribution in [3.8, 4) is 0 Å². The number of rotatable bonds is 4. The van der Waals surface area contributed by atoms with Gasteiger partial charge in [-0.05, 0) is 0 Å². The second kappa shape index (κ2) is 3.99. The van der Waals surface area contributed by atoms with Crippen molar-refractivity contribution >= 4 is 11.9 Å². The normalized spacial score (nSPS) is 24.1. The predicted octanol–water partition coefficient (Wildman–Crippen LogP) is -1.56. The van der Waals surface area contributed by atoms with Crippen LogP contribution in [0.1, 0.15) is 6.42 Å². The van der Waals surface area contributed by atoms with Gasteiger partial charge in [-0.15, -0.1) is 0 Å². The Morgan fingerprint density at radius 1 is 1.44 bits per heavy atom. The Labute approximate surface area is 89.0 Å². The molecule has 0 bridgehead atoms. The van der Waals surface area contributed by atoms with Crippen molar-refractivity contribution in [1.82, 2.24) is 0 Å². The van der Waals surface area contributed by atoms with E-state index in [-0.39, 0.29) is 0 Å².